The van der Waals surface area contributed by atoms with Crippen molar-refractivity contribution in [2.45, 2.75) is 44.2 Å². The first-order valence-electron chi connectivity index (χ1n) is 8.93. The summed E-state index contributed by atoms with van der Waals surface area (Å²) in [7, 11) is 0. The molecule has 0 aromatic carbocycles. The van der Waals surface area contributed by atoms with Crippen molar-refractivity contribution in [3.05, 3.63) is 40.5 Å². The molecule has 0 fully saturated rings. The van der Waals surface area contributed by atoms with E-state index < -0.39 is 75.1 Å². The number of alkyl halides is 2. The summed E-state index contributed by atoms with van der Waals surface area (Å²) >= 11 is 0. The van der Waals surface area contributed by atoms with Gasteiger partial charge in [0.2, 0.25) is 0 Å². The number of esters is 2. The maximum atomic E-state index is 14.0. The first-order valence-corrected chi connectivity index (χ1v) is 8.93. The molecule has 0 spiro atoms. The Morgan fingerprint density at radius 3 is 1.24 bits per heavy atom. The van der Waals surface area contributed by atoms with E-state index in [0.29, 0.717) is 0 Å². The van der Waals surface area contributed by atoms with E-state index in [1.165, 1.54) is 13.8 Å². The summed E-state index contributed by atoms with van der Waals surface area (Å²) in [6.45, 7) is -1.35. The fraction of sp³-hybridized carbons (Fsp3) is 0.846. The van der Waals surface area contributed by atoms with Crippen LogP contribution in [0.2, 0.25) is 0 Å². The first kappa shape index (κ1) is 29.3. The van der Waals surface area contributed by atoms with Gasteiger partial charge < -0.3 is 9.47 Å². The Kier molecular flexibility index (Phi) is 11.0. The SMILES string of the molecule is CCOC(=O)C(CC(NCC(F)([N+](=O)[O-])[N+](=O)[O-])C(=O)OCC)NCC(F)([N+](=O)[O-])[N+](=O)[O-]. The molecule has 0 aliphatic rings. The standard InChI is InChI=1S/C13H20F2N6O12/c1-3-32-10(22)8(16-6-12(14,18(24)25)19(26)27)5-9(11(23)33-4-2)17-7-13(15,20(28)29)21(30)31/h8-9,16-17H,3-7H2,1-2H3. The Morgan fingerprint density at radius 1 is 0.758 bits per heavy atom. The van der Waals surface area contributed by atoms with Crippen LogP contribution in [0.15, 0.2) is 0 Å². The van der Waals surface area contributed by atoms with Crippen molar-refractivity contribution in [3.63, 3.8) is 0 Å². The lowest BCUT2D eigenvalue weighted by Gasteiger charge is -2.23. The van der Waals surface area contributed by atoms with Crippen LogP contribution in [0.4, 0.5) is 8.78 Å². The highest BCUT2D eigenvalue weighted by atomic mass is 19.2. The molecule has 0 radical (unpaired) electrons. The van der Waals surface area contributed by atoms with Crippen molar-refractivity contribution in [1.82, 2.24) is 10.6 Å². The number of nitrogens with zero attached hydrogens (tertiary/aromatic N) is 4. The Bertz CT molecular complexity index is 693. The highest BCUT2D eigenvalue weighted by Crippen LogP contribution is 2.15. The van der Waals surface area contributed by atoms with E-state index in [9.17, 15) is 58.8 Å². The summed E-state index contributed by atoms with van der Waals surface area (Å²) in [5, 5.41) is 46.5. The van der Waals surface area contributed by atoms with Crippen LogP contribution in [0.3, 0.4) is 0 Å². The monoisotopic (exact) mass is 490 g/mol. The van der Waals surface area contributed by atoms with E-state index in [2.05, 4.69) is 9.47 Å². The number of carbonyl (C=O) groups is 2. The molecular formula is C13H20F2N6O12. The molecule has 0 heterocycles. The van der Waals surface area contributed by atoms with Gasteiger partial charge in [0.25, 0.3) is 0 Å². The van der Waals surface area contributed by atoms with Crippen molar-refractivity contribution < 1.29 is 47.5 Å². The molecule has 0 aromatic rings. The number of halogens is 2. The van der Waals surface area contributed by atoms with E-state index in [1.807, 2.05) is 10.6 Å². The molecule has 2 unspecified atom stereocenters. The minimum absolute atomic E-state index is 0.296. The normalized spacial score (nSPS) is 13.5. The topological polar surface area (TPSA) is 249 Å². The third-order valence-electron chi connectivity index (χ3n) is 3.88. The molecule has 0 saturated carbocycles. The van der Waals surface area contributed by atoms with Crippen LogP contribution in [0.25, 0.3) is 0 Å². The number of ether oxygens (including phenoxy) is 2. The molecule has 2 N–H and O–H groups in total. The van der Waals surface area contributed by atoms with Gasteiger partial charge in [-0.25, -0.2) is 0 Å². The minimum atomic E-state index is -4.29. The second-order valence-corrected chi connectivity index (χ2v) is 6.07. The summed E-state index contributed by atoms with van der Waals surface area (Å²) < 4.78 is 37.3. The lowest BCUT2D eigenvalue weighted by molar-refractivity contribution is -0.828. The number of carbonyl (C=O) groups excluding carboxylic acids is 2. The number of hydrogen-bond donors (Lipinski definition) is 2. The summed E-state index contributed by atoms with van der Waals surface area (Å²) in [4.78, 5) is 59.5. The summed E-state index contributed by atoms with van der Waals surface area (Å²) in [6.07, 6.45) is -0.936. The average molecular weight is 490 g/mol. The highest BCUT2D eigenvalue weighted by molar-refractivity contribution is 5.80. The van der Waals surface area contributed by atoms with Gasteiger partial charge in [0, 0.05) is 0 Å². The van der Waals surface area contributed by atoms with E-state index in [4.69, 9.17) is 0 Å². The minimum Gasteiger partial charge on any atom is -0.465 e. The molecule has 2 atom stereocenters. The van der Waals surface area contributed by atoms with E-state index >= 15 is 0 Å². The molecule has 20 heteroatoms. The zero-order chi connectivity index (χ0) is 26.0. The van der Waals surface area contributed by atoms with Crippen molar-refractivity contribution in [3.8, 4) is 0 Å². The molecule has 0 saturated heterocycles. The maximum absolute atomic E-state index is 14.0. The van der Waals surface area contributed by atoms with Gasteiger partial charge in [-0.05, 0) is 20.3 Å². The zero-order valence-corrected chi connectivity index (χ0v) is 17.1. The predicted molar refractivity (Wildman–Crippen MR) is 97.1 cm³/mol. The van der Waals surface area contributed by atoms with E-state index in [1.54, 1.807) is 0 Å². The van der Waals surface area contributed by atoms with Crippen molar-refractivity contribution in [1.29, 1.82) is 0 Å². The molecule has 18 nitrogen and oxygen atoms in total. The fourth-order valence-electron chi connectivity index (χ4n) is 2.14. The Hall–Kier alpha value is -3.68. The van der Waals surface area contributed by atoms with Crippen LogP contribution in [-0.4, -0.2) is 81.9 Å². The van der Waals surface area contributed by atoms with Gasteiger partial charge in [-0.1, -0.05) is 8.78 Å². The predicted octanol–water partition coefficient (Wildman–Crippen LogP) is -1.23. The Balaban J connectivity index is 5.85. The summed E-state index contributed by atoms with van der Waals surface area (Å²) in [5.74, 6) is -11.2. The second-order valence-electron chi connectivity index (χ2n) is 6.07. The zero-order valence-electron chi connectivity index (χ0n) is 17.1. The van der Waals surface area contributed by atoms with Gasteiger partial charge in [-0.3, -0.25) is 60.7 Å². The molecule has 0 rings (SSSR count). The Morgan fingerprint density at radius 2 is 1.03 bits per heavy atom. The van der Waals surface area contributed by atoms with Gasteiger partial charge in [0.05, 0.1) is 13.2 Å². The largest absolute Gasteiger partial charge is 0.626 e. The number of nitrogens with one attached hydrogen (secondary N) is 2. The lowest BCUT2D eigenvalue weighted by Crippen LogP contribution is -2.57. The quantitative estimate of drug-likeness (QED) is 0.0845. The summed E-state index contributed by atoms with van der Waals surface area (Å²) in [6, 6.07) is -3.80. The van der Waals surface area contributed by atoms with Crippen LogP contribution in [0.1, 0.15) is 20.3 Å². The van der Waals surface area contributed by atoms with Gasteiger partial charge in [-0.2, -0.15) is 0 Å². The lowest BCUT2D eigenvalue weighted by atomic mass is 10.1. The number of nitro groups is 4. The van der Waals surface area contributed by atoms with Gasteiger partial charge in [-0.15, -0.1) is 0 Å². The maximum Gasteiger partial charge on any atom is 0.626 e. The third kappa shape index (κ3) is 7.75. The van der Waals surface area contributed by atoms with Gasteiger partial charge >= 0.3 is 23.8 Å². The highest BCUT2D eigenvalue weighted by Gasteiger charge is 2.59. The van der Waals surface area contributed by atoms with Crippen LogP contribution in [0.5, 0.6) is 0 Å². The molecule has 0 amide bonds. The molecule has 0 bridgehead atoms. The van der Waals surface area contributed by atoms with Gasteiger partial charge in [0.1, 0.15) is 31.8 Å². The van der Waals surface area contributed by atoms with E-state index in [0.717, 1.165) is 0 Å². The second kappa shape index (κ2) is 12.4. The van der Waals surface area contributed by atoms with Crippen molar-refractivity contribution in [2.75, 3.05) is 26.3 Å². The molecule has 0 aliphatic carbocycles. The number of rotatable bonds is 16. The smallest absolute Gasteiger partial charge is 0.465 e. The third-order valence-corrected chi connectivity index (χ3v) is 3.88. The fourth-order valence-corrected chi connectivity index (χ4v) is 2.14. The van der Waals surface area contributed by atoms with Crippen LogP contribution in [0, 0.1) is 40.5 Å². The van der Waals surface area contributed by atoms with Crippen LogP contribution >= 0.6 is 0 Å². The Labute approximate surface area is 182 Å². The molecule has 188 valence electrons. The molecule has 0 aromatic heterocycles. The van der Waals surface area contributed by atoms with Gasteiger partial charge in [0.15, 0.2) is 13.1 Å². The molecule has 33 heavy (non-hydrogen) atoms. The van der Waals surface area contributed by atoms with Crippen molar-refractivity contribution >= 4 is 11.9 Å². The number of hydrogen-bond acceptors (Lipinski definition) is 14. The average Bonchev–Trinajstić information content (AvgIpc) is 2.72. The summed E-state index contributed by atoms with van der Waals surface area (Å²) in [5.41, 5.74) is 0. The molecular weight excluding hydrogens is 470 g/mol. The molecule has 0 aliphatic heterocycles. The first-order chi connectivity index (χ1) is 15.2. The van der Waals surface area contributed by atoms with E-state index in [-0.39, 0.29) is 13.2 Å². The van der Waals surface area contributed by atoms with Crippen LogP contribution < -0.4 is 10.6 Å². The van der Waals surface area contributed by atoms with Crippen molar-refractivity contribution in [2.24, 2.45) is 0 Å². The van der Waals surface area contributed by atoms with Crippen LogP contribution in [-0.2, 0) is 19.1 Å².